The Kier molecular flexibility index (Phi) is 28.1. The molecule has 0 spiro atoms. The first-order chi connectivity index (χ1) is 36.7. The number of benzene rings is 5. The van der Waals surface area contributed by atoms with E-state index >= 15 is 0 Å². The van der Waals surface area contributed by atoms with Crippen LogP contribution in [0.15, 0.2) is 128 Å². The number of carboxylic acid groups (broad SMARTS) is 1. The molecule has 0 aliphatic carbocycles. The maximum absolute atomic E-state index is 11.6. The maximum atomic E-state index is 11.6. The summed E-state index contributed by atoms with van der Waals surface area (Å²) in [6, 6.07) is 37.6. The van der Waals surface area contributed by atoms with Crippen molar-refractivity contribution in [3.8, 4) is 5.75 Å². The molecule has 0 aliphatic rings. The summed E-state index contributed by atoms with van der Waals surface area (Å²) < 4.78 is 2.07. The molecule has 10 rings (SSSR count). The second kappa shape index (κ2) is 35.6. The predicted octanol–water partition coefficient (Wildman–Crippen LogP) is 11.2. The molecule has 7 N–H and O–H groups in total. The molecular formula is C54H73N17O4. The molecule has 21 nitrogen and oxygen atoms in total. The number of hydrogen-bond acceptors (Lipinski definition) is 14. The van der Waals surface area contributed by atoms with Gasteiger partial charge in [-0.15, -0.1) is 5.10 Å². The predicted molar refractivity (Wildman–Crippen MR) is 295 cm³/mol. The molecule has 0 unspecified atom stereocenters. The molecule has 0 radical (unpaired) electrons. The van der Waals surface area contributed by atoms with Gasteiger partial charge < -0.3 is 10.2 Å². The number of nitrogens with one attached hydrogen (secondary N) is 5. The number of aliphatic carboxylic acids is 1. The van der Waals surface area contributed by atoms with Crippen molar-refractivity contribution in [2.75, 3.05) is 18.4 Å². The molecule has 0 bridgehead atoms. The number of hydrogen-bond donors (Lipinski definition) is 7. The quantitative estimate of drug-likeness (QED) is 0.0393. The topological polar surface area (TPSA) is 287 Å². The van der Waals surface area contributed by atoms with Crippen LogP contribution in [0, 0.1) is 0 Å². The van der Waals surface area contributed by atoms with E-state index in [0.717, 1.165) is 57.7 Å². The van der Waals surface area contributed by atoms with E-state index in [0.29, 0.717) is 0 Å². The van der Waals surface area contributed by atoms with E-state index in [1.165, 1.54) is 109 Å². The third kappa shape index (κ3) is 22.5. The zero-order valence-electron chi connectivity index (χ0n) is 43.8. The molecule has 5 heterocycles. The number of phenols is 1. The number of phenolic OH excluding ortho intramolecular Hbond substituents is 1. The molecule has 75 heavy (non-hydrogen) atoms. The molecule has 0 fully saturated rings. The van der Waals surface area contributed by atoms with Gasteiger partial charge in [-0.1, -0.05) is 158 Å². The zero-order chi connectivity index (χ0) is 53.7. The third-order valence-electron chi connectivity index (χ3n) is 10.9. The van der Waals surface area contributed by atoms with Crippen LogP contribution in [-0.4, -0.2) is 116 Å². The molecule has 0 saturated heterocycles. The fraction of sp³-hybridized carbons (Fsp3) is 0.370. The highest BCUT2D eigenvalue weighted by Gasteiger charge is 2.12. The van der Waals surface area contributed by atoms with Crippen molar-refractivity contribution in [3.05, 3.63) is 133 Å². The van der Waals surface area contributed by atoms with Gasteiger partial charge in [0.25, 0.3) is 11.9 Å². The summed E-state index contributed by atoms with van der Waals surface area (Å²) in [5, 5.41) is 65.0. The van der Waals surface area contributed by atoms with Crippen molar-refractivity contribution in [2.24, 2.45) is 0 Å². The Labute approximate surface area is 437 Å². The largest absolute Gasteiger partial charge is 0.507 e. The molecular weight excluding hydrogens is 951 g/mol. The van der Waals surface area contributed by atoms with E-state index in [4.69, 9.17) is 9.90 Å². The Morgan fingerprint density at radius 3 is 1.36 bits per heavy atom. The Balaban J connectivity index is 0.000000212. The van der Waals surface area contributed by atoms with Crippen molar-refractivity contribution in [2.45, 2.75) is 118 Å². The number of aromatic amines is 4. The van der Waals surface area contributed by atoms with Crippen LogP contribution in [-0.2, 0) is 11.5 Å². The van der Waals surface area contributed by atoms with E-state index in [1.807, 2.05) is 98.8 Å². The second-order valence-electron chi connectivity index (χ2n) is 16.6. The van der Waals surface area contributed by atoms with Gasteiger partial charge in [-0.3, -0.25) is 19.8 Å². The van der Waals surface area contributed by atoms with Crippen molar-refractivity contribution in [1.82, 2.24) is 81.3 Å². The smallest absolute Gasteiger partial charge is 0.300 e. The number of aromatic hydroxyl groups is 1. The van der Waals surface area contributed by atoms with Gasteiger partial charge in [0, 0.05) is 6.92 Å². The number of rotatable bonds is 18. The molecule has 5 aromatic carbocycles. The molecule has 0 atom stereocenters. The van der Waals surface area contributed by atoms with E-state index < -0.39 is 11.9 Å². The number of carbonyl (C=O) groups is 2. The normalized spacial score (nSPS) is 10.3. The van der Waals surface area contributed by atoms with Crippen molar-refractivity contribution in [1.29, 1.82) is 0 Å². The molecule has 21 heteroatoms. The minimum atomic E-state index is -0.833. The van der Waals surface area contributed by atoms with Crippen LogP contribution in [0.2, 0.25) is 0 Å². The number of carbonyl (C=O) groups excluding carboxylic acids is 1. The average Bonchev–Trinajstić information content (AvgIpc) is 4.32. The van der Waals surface area contributed by atoms with Crippen LogP contribution in [0.3, 0.4) is 0 Å². The lowest BCUT2D eigenvalue weighted by atomic mass is 10.1. The Morgan fingerprint density at radius 2 is 0.947 bits per heavy atom. The Hall–Kier alpha value is -8.46. The van der Waals surface area contributed by atoms with E-state index in [2.05, 4.69) is 113 Å². The number of anilines is 1. The van der Waals surface area contributed by atoms with Gasteiger partial charge in [-0.2, -0.15) is 56.3 Å². The highest BCUT2D eigenvalue weighted by Crippen LogP contribution is 2.17. The maximum Gasteiger partial charge on any atom is 0.300 e. The lowest BCUT2D eigenvalue weighted by Gasteiger charge is -2.22. The van der Waals surface area contributed by atoms with Gasteiger partial charge in [0.2, 0.25) is 5.95 Å². The summed E-state index contributed by atoms with van der Waals surface area (Å²) in [6.45, 7) is 12.9. The summed E-state index contributed by atoms with van der Waals surface area (Å²) in [5.74, 6) is -1.11. The minimum absolute atomic E-state index is 0.0745. The third-order valence-corrected chi connectivity index (χ3v) is 10.9. The van der Waals surface area contributed by atoms with Crippen molar-refractivity contribution >= 4 is 62.0 Å². The summed E-state index contributed by atoms with van der Waals surface area (Å²) >= 11 is 0. The first-order valence-electron chi connectivity index (χ1n) is 25.7. The summed E-state index contributed by atoms with van der Waals surface area (Å²) in [4.78, 5) is 26.9. The number of carboxylic acids is 1. The standard InChI is InChI=1S/C23H40N4.C9H8N4O2.3C6H5N3.C2H4O2.C2H6/c1-3-5-7-9-11-15-19-26(20-16-12-10-8-6-4-2)21-27-23-18-14-13-17-22(23)24-25-27;14-7-4-2-1-3-6(7)8(15)12-9-10-5-11-13-9;3*1-2-4-6-5(3-1)7-9-8-6;1-2(3)4;1-2/h13-14,17-18H,3-12,15-16,19-21H2,1-2H3;1-5,14H,(H2,10,11,12,13,15);3*1-4H,(H,7,8,9);1H3,(H,3,4);1-2H3. The minimum Gasteiger partial charge on any atom is -0.507 e. The van der Waals surface area contributed by atoms with Crippen LogP contribution in [0.1, 0.15) is 122 Å². The van der Waals surface area contributed by atoms with Gasteiger partial charge in [0.1, 0.15) is 50.7 Å². The molecule has 0 aliphatic heterocycles. The number of H-pyrrole nitrogens is 4. The average molecular weight is 1020 g/mol. The summed E-state index contributed by atoms with van der Waals surface area (Å²) in [5.41, 5.74) is 7.82. The van der Waals surface area contributed by atoms with Gasteiger partial charge >= 0.3 is 0 Å². The number of unbranched alkanes of at least 4 members (excludes halogenated alkanes) is 10. The number of para-hydroxylation sites is 8. The molecule has 0 saturated carbocycles. The highest BCUT2D eigenvalue weighted by molar-refractivity contribution is 6.05. The van der Waals surface area contributed by atoms with Crippen LogP contribution < -0.4 is 5.32 Å². The van der Waals surface area contributed by atoms with Gasteiger partial charge in [0.05, 0.1) is 17.7 Å². The van der Waals surface area contributed by atoms with Gasteiger partial charge in [-0.05, 0) is 86.6 Å². The summed E-state index contributed by atoms with van der Waals surface area (Å²) in [7, 11) is 0. The monoisotopic (exact) mass is 1020 g/mol. The molecule has 1 amide bonds. The van der Waals surface area contributed by atoms with Crippen LogP contribution in [0.4, 0.5) is 5.95 Å². The Bertz CT molecular complexity index is 2770. The molecule has 398 valence electrons. The number of fused-ring (bicyclic) bond motifs is 4. The van der Waals surface area contributed by atoms with Crippen molar-refractivity contribution < 1.29 is 19.8 Å². The van der Waals surface area contributed by atoms with Gasteiger partial charge in [-0.25, -0.2) is 9.78 Å². The van der Waals surface area contributed by atoms with Crippen LogP contribution in [0.25, 0.3) is 44.1 Å². The number of aromatic nitrogens is 15. The van der Waals surface area contributed by atoms with Crippen LogP contribution >= 0.6 is 0 Å². The first-order valence-corrected chi connectivity index (χ1v) is 25.7. The van der Waals surface area contributed by atoms with Crippen molar-refractivity contribution in [3.63, 3.8) is 0 Å². The highest BCUT2D eigenvalue weighted by atomic mass is 16.4. The lowest BCUT2D eigenvalue weighted by molar-refractivity contribution is -0.134. The number of nitrogens with zero attached hydrogens (tertiary/aromatic N) is 12. The van der Waals surface area contributed by atoms with Crippen LogP contribution in [0.5, 0.6) is 5.75 Å². The fourth-order valence-corrected chi connectivity index (χ4v) is 7.16. The first kappa shape index (κ1) is 59.1. The zero-order valence-corrected chi connectivity index (χ0v) is 43.8. The van der Waals surface area contributed by atoms with E-state index in [-0.39, 0.29) is 17.3 Å². The summed E-state index contributed by atoms with van der Waals surface area (Å²) in [6.07, 6.45) is 17.5. The lowest BCUT2D eigenvalue weighted by Crippen LogP contribution is -2.29. The second-order valence-corrected chi connectivity index (χ2v) is 16.6. The fourth-order valence-electron chi connectivity index (χ4n) is 7.16. The molecule has 5 aromatic heterocycles. The van der Waals surface area contributed by atoms with E-state index in [9.17, 15) is 9.90 Å². The SMILES string of the molecule is CC.CC(=O)O.CCCCCCCCN(CCCCCCCC)Cn1nnc2ccccc21.O=C(Nc1ncn[nH]1)c1ccccc1O.c1ccc2n[nH]nc2c1.c1ccc2n[nH]nc2c1.c1ccc2n[nH]nc2c1. The number of amides is 1. The Morgan fingerprint density at radius 1 is 0.560 bits per heavy atom. The van der Waals surface area contributed by atoms with Gasteiger partial charge in [0.15, 0.2) is 0 Å². The van der Waals surface area contributed by atoms with E-state index in [1.54, 1.807) is 12.1 Å². The molecule has 10 aromatic rings.